The quantitative estimate of drug-likeness (QED) is 0.793. The SMILES string of the molecule is O=S(=O)(Nc1ccccc1NCC(F)(F)F)c1ccc(F)cc1F. The lowest BCUT2D eigenvalue weighted by Crippen LogP contribution is -2.22. The summed E-state index contributed by atoms with van der Waals surface area (Å²) in [6, 6.07) is 7.08. The van der Waals surface area contributed by atoms with Crippen molar-refractivity contribution < 1.29 is 30.4 Å². The molecule has 0 radical (unpaired) electrons. The molecular weight excluding hydrogens is 355 g/mol. The molecule has 0 aliphatic heterocycles. The van der Waals surface area contributed by atoms with Crippen LogP contribution in [0.3, 0.4) is 0 Å². The third-order valence-electron chi connectivity index (χ3n) is 2.83. The maximum atomic E-state index is 13.6. The molecule has 2 N–H and O–H groups in total. The van der Waals surface area contributed by atoms with Gasteiger partial charge < -0.3 is 5.32 Å². The van der Waals surface area contributed by atoms with Crippen molar-refractivity contribution in [2.75, 3.05) is 16.6 Å². The van der Waals surface area contributed by atoms with Crippen molar-refractivity contribution >= 4 is 21.4 Å². The van der Waals surface area contributed by atoms with Crippen molar-refractivity contribution in [1.29, 1.82) is 0 Å². The second kappa shape index (κ2) is 6.63. The second-order valence-corrected chi connectivity index (χ2v) is 6.35. The van der Waals surface area contributed by atoms with Crippen molar-refractivity contribution in [2.45, 2.75) is 11.1 Å². The first-order valence-corrected chi connectivity index (χ1v) is 7.94. The first-order valence-electron chi connectivity index (χ1n) is 6.46. The Morgan fingerprint density at radius 3 is 2.17 bits per heavy atom. The molecule has 4 nitrogen and oxygen atoms in total. The number of halogens is 5. The highest BCUT2D eigenvalue weighted by Crippen LogP contribution is 2.27. The van der Waals surface area contributed by atoms with E-state index in [4.69, 9.17) is 0 Å². The summed E-state index contributed by atoms with van der Waals surface area (Å²) in [5.74, 6) is -2.28. The first-order chi connectivity index (χ1) is 11.1. The Kier molecular flexibility index (Phi) is 4.97. The lowest BCUT2D eigenvalue weighted by atomic mass is 10.3. The summed E-state index contributed by atoms with van der Waals surface area (Å²) in [5, 5.41) is 2.05. The van der Waals surface area contributed by atoms with Crippen LogP contribution in [-0.4, -0.2) is 21.1 Å². The number of benzene rings is 2. The summed E-state index contributed by atoms with van der Waals surface area (Å²) >= 11 is 0. The average molecular weight is 366 g/mol. The standard InChI is InChI=1S/C14H11F5N2O2S/c15-9-5-6-13(10(16)7-9)24(22,23)21-12-4-2-1-3-11(12)20-8-14(17,18)19/h1-7,20-21H,8H2. The molecule has 0 heterocycles. The monoisotopic (exact) mass is 366 g/mol. The van der Waals surface area contributed by atoms with E-state index in [2.05, 4.69) is 0 Å². The van der Waals surface area contributed by atoms with E-state index in [9.17, 15) is 30.4 Å². The number of hydrogen-bond acceptors (Lipinski definition) is 3. The molecule has 2 aromatic carbocycles. The van der Waals surface area contributed by atoms with E-state index in [1.807, 2.05) is 10.0 Å². The van der Waals surface area contributed by atoms with Crippen LogP contribution in [0.5, 0.6) is 0 Å². The third-order valence-corrected chi connectivity index (χ3v) is 4.23. The van der Waals surface area contributed by atoms with Crippen LogP contribution in [0.1, 0.15) is 0 Å². The topological polar surface area (TPSA) is 58.2 Å². The van der Waals surface area contributed by atoms with Gasteiger partial charge in [-0.05, 0) is 24.3 Å². The Morgan fingerprint density at radius 2 is 1.58 bits per heavy atom. The Balaban J connectivity index is 2.30. The van der Waals surface area contributed by atoms with Crippen molar-refractivity contribution in [3.63, 3.8) is 0 Å². The molecule has 0 spiro atoms. The van der Waals surface area contributed by atoms with Crippen molar-refractivity contribution in [1.82, 2.24) is 0 Å². The molecule has 0 saturated heterocycles. The maximum Gasteiger partial charge on any atom is 0.405 e. The number of hydrogen-bond donors (Lipinski definition) is 2. The van der Waals surface area contributed by atoms with Crippen molar-refractivity contribution in [2.24, 2.45) is 0 Å². The average Bonchev–Trinajstić information content (AvgIpc) is 2.44. The number of nitrogens with one attached hydrogen (secondary N) is 2. The predicted molar refractivity (Wildman–Crippen MR) is 78.2 cm³/mol. The van der Waals surface area contributed by atoms with Gasteiger partial charge in [0.1, 0.15) is 23.1 Å². The molecule has 0 bridgehead atoms. The highest BCUT2D eigenvalue weighted by molar-refractivity contribution is 7.92. The Bertz CT molecular complexity index is 837. The van der Waals surface area contributed by atoms with Gasteiger partial charge in [0.2, 0.25) is 0 Å². The molecule has 0 saturated carbocycles. The highest BCUT2D eigenvalue weighted by Gasteiger charge is 2.27. The van der Waals surface area contributed by atoms with Gasteiger partial charge in [-0.15, -0.1) is 0 Å². The van der Waals surface area contributed by atoms with Crippen LogP contribution in [0.4, 0.5) is 33.3 Å². The predicted octanol–water partition coefficient (Wildman–Crippen LogP) is 3.74. The summed E-state index contributed by atoms with van der Waals surface area (Å²) in [6.07, 6.45) is -4.50. The second-order valence-electron chi connectivity index (χ2n) is 4.69. The van der Waals surface area contributed by atoms with Gasteiger partial charge in [0.25, 0.3) is 10.0 Å². The summed E-state index contributed by atoms with van der Waals surface area (Å²) in [7, 11) is -4.45. The van der Waals surface area contributed by atoms with Gasteiger partial charge >= 0.3 is 6.18 Å². The van der Waals surface area contributed by atoms with Crippen molar-refractivity contribution in [3.8, 4) is 0 Å². The van der Waals surface area contributed by atoms with Crippen LogP contribution in [0.25, 0.3) is 0 Å². The zero-order valence-corrected chi connectivity index (χ0v) is 12.7. The Hall–Kier alpha value is -2.36. The minimum absolute atomic E-state index is 0.138. The molecule has 10 heteroatoms. The van der Waals surface area contributed by atoms with Crippen LogP contribution >= 0.6 is 0 Å². The van der Waals surface area contributed by atoms with E-state index < -0.39 is 39.3 Å². The Morgan fingerprint density at radius 1 is 0.958 bits per heavy atom. The normalized spacial score (nSPS) is 12.0. The molecule has 0 atom stereocenters. The van der Waals surface area contributed by atoms with Crippen molar-refractivity contribution in [3.05, 3.63) is 54.1 Å². The van der Waals surface area contributed by atoms with E-state index in [1.165, 1.54) is 24.3 Å². The summed E-state index contributed by atoms with van der Waals surface area (Å²) in [6.45, 7) is -1.38. The fourth-order valence-electron chi connectivity index (χ4n) is 1.81. The molecule has 0 amide bonds. The molecule has 0 unspecified atom stereocenters. The number of sulfonamides is 1. The van der Waals surface area contributed by atoms with Crippen LogP contribution in [0.2, 0.25) is 0 Å². The molecule has 0 aromatic heterocycles. The van der Waals surface area contributed by atoms with E-state index in [-0.39, 0.29) is 11.4 Å². The number of rotatable bonds is 5. The summed E-state index contributed by atoms with van der Waals surface area (Å²) in [5.41, 5.74) is -0.341. The van der Waals surface area contributed by atoms with Crippen LogP contribution in [0, 0.1) is 11.6 Å². The number of alkyl halides is 3. The minimum atomic E-state index is -4.50. The Labute approximate surface area is 134 Å². The molecule has 0 aliphatic rings. The molecular formula is C14H11F5N2O2S. The smallest absolute Gasteiger partial charge is 0.375 e. The third kappa shape index (κ3) is 4.57. The van der Waals surface area contributed by atoms with E-state index in [1.54, 1.807) is 0 Å². The maximum absolute atomic E-state index is 13.6. The van der Waals surface area contributed by atoms with Crippen LogP contribution in [-0.2, 0) is 10.0 Å². The van der Waals surface area contributed by atoms with Crippen LogP contribution < -0.4 is 10.0 Å². The van der Waals surface area contributed by atoms with E-state index in [0.717, 1.165) is 12.1 Å². The van der Waals surface area contributed by atoms with E-state index >= 15 is 0 Å². The fraction of sp³-hybridized carbons (Fsp3) is 0.143. The molecule has 24 heavy (non-hydrogen) atoms. The zero-order chi connectivity index (χ0) is 18.0. The minimum Gasteiger partial charge on any atom is -0.375 e. The van der Waals surface area contributed by atoms with Gasteiger partial charge in [-0.1, -0.05) is 12.1 Å². The van der Waals surface area contributed by atoms with Gasteiger partial charge in [-0.3, -0.25) is 4.72 Å². The molecule has 2 rings (SSSR count). The van der Waals surface area contributed by atoms with Crippen LogP contribution in [0.15, 0.2) is 47.4 Å². The number of anilines is 2. The van der Waals surface area contributed by atoms with E-state index in [0.29, 0.717) is 6.07 Å². The fourth-order valence-corrected chi connectivity index (χ4v) is 2.95. The lowest BCUT2D eigenvalue weighted by Gasteiger charge is -2.15. The van der Waals surface area contributed by atoms with Gasteiger partial charge in [-0.2, -0.15) is 13.2 Å². The number of para-hydroxylation sites is 2. The van der Waals surface area contributed by atoms with Gasteiger partial charge in [0.05, 0.1) is 11.4 Å². The molecule has 0 aliphatic carbocycles. The van der Waals surface area contributed by atoms with Gasteiger partial charge in [0, 0.05) is 6.07 Å². The molecule has 2 aromatic rings. The molecule has 0 fully saturated rings. The largest absolute Gasteiger partial charge is 0.405 e. The summed E-state index contributed by atoms with van der Waals surface area (Å²) < 4.78 is 89.6. The zero-order valence-electron chi connectivity index (χ0n) is 11.9. The van der Waals surface area contributed by atoms with Gasteiger partial charge in [-0.25, -0.2) is 17.2 Å². The van der Waals surface area contributed by atoms with Gasteiger partial charge in [0.15, 0.2) is 0 Å². The first kappa shape index (κ1) is 18.0. The summed E-state index contributed by atoms with van der Waals surface area (Å²) in [4.78, 5) is -0.825. The highest BCUT2D eigenvalue weighted by atomic mass is 32.2. The molecule has 130 valence electrons. The lowest BCUT2D eigenvalue weighted by molar-refractivity contribution is -0.115.